The molecule has 0 radical (unpaired) electrons. The Labute approximate surface area is 102 Å². The van der Waals surface area contributed by atoms with Gasteiger partial charge in [0, 0.05) is 0 Å². The second-order valence-corrected chi connectivity index (χ2v) is 3.54. The molecule has 2 rings (SSSR count). The van der Waals surface area contributed by atoms with Crippen LogP contribution in [0.3, 0.4) is 0 Å². The molecule has 4 nitrogen and oxygen atoms in total. The number of benzene rings is 1. The lowest BCUT2D eigenvalue weighted by Gasteiger charge is -2.08. The molecular weight excluding hydrogens is 242 g/mol. The van der Waals surface area contributed by atoms with Crippen molar-refractivity contribution in [3.63, 3.8) is 0 Å². The topological polar surface area (TPSA) is 44.2 Å². The number of hydrogen-bond donors (Lipinski definition) is 0. The van der Waals surface area contributed by atoms with Crippen LogP contribution in [0.1, 0.15) is 5.56 Å². The lowest BCUT2D eigenvalue weighted by Crippen LogP contribution is -1.99. The maximum absolute atomic E-state index is 13.7. The third-order valence-corrected chi connectivity index (χ3v) is 2.21. The van der Waals surface area contributed by atoms with E-state index in [4.69, 9.17) is 4.74 Å². The monoisotopic (exact) mass is 252 g/mol. The van der Waals surface area contributed by atoms with Crippen LogP contribution in [0.25, 0.3) is 0 Å². The smallest absolute Gasteiger partial charge is 0.263 e. The van der Waals surface area contributed by atoms with Gasteiger partial charge in [0.05, 0.1) is 7.11 Å². The van der Waals surface area contributed by atoms with Gasteiger partial charge in [0.1, 0.15) is 6.33 Å². The Morgan fingerprint density at radius 1 is 1.11 bits per heavy atom. The molecule has 0 unspecified atom stereocenters. The molecule has 0 fully saturated rings. The van der Waals surface area contributed by atoms with Crippen LogP contribution >= 0.6 is 0 Å². The maximum Gasteiger partial charge on any atom is 0.263 e. The SMILES string of the molecule is COc1ncnc(Oc2ccc(C)cc2F)c1F. The number of aryl methyl sites for hydroxylation is 1. The van der Waals surface area contributed by atoms with Gasteiger partial charge in [-0.1, -0.05) is 6.07 Å². The van der Waals surface area contributed by atoms with Crippen LogP contribution in [-0.4, -0.2) is 17.1 Å². The van der Waals surface area contributed by atoms with Crippen LogP contribution in [0.2, 0.25) is 0 Å². The largest absolute Gasteiger partial charge is 0.479 e. The number of methoxy groups -OCH3 is 1. The fourth-order valence-corrected chi connectivity index (χ4v) is 1.34. The Kier molecular flexibility index (Phi) is 3.36. The Bertz CT molecular complexity index is 576. The molecule has 0 amide bonds. The minimum atomic E-state index is -0.875. The van der Waals surface area contributed by atoms with Crippen LogP contribution in [-0.2, 0) is 0 Å². The average molecular weight is 252 g/mol. The highest BCUT2D eigenvalue weighted by molar-refractivity contribution is 5.33. The van der Waals surface area contributed by atoms with Gasteiger partial charge in [-0.05, 0) is 24.6 Å². The van der Waals surface area contributed by atoms with E-state index in [0.29, 0.717) is 0 Å². The highest BCUT2D eigenvalue weighted by Gasteiger charge is 2.15. The molecule has 1 heterocycles. The standard InChI is InChI=1S/C12H10F2N2O2/c1-7-3-4-9(8(13)5-7)18-12-10(14)11(17-2)15-6-16-12/h3-6H,1-2H3. The van der Waals surface area contributed by atoms with Gasteiger partial charge in [-0.2, -0.15) is 14.4 Å². The number of aromatic nitrogens is 2. The zero-order valence-electron chi connectivity index (χ0n) is 9.78. The molecule has 0 atom stereocenters. The molecule has 0 saturated carbocycles. The van der Waals surface area contributed by atoms with Gasteiger partial charge in [-0.3, -0.25) is 0 Å². The van der Waals surface area contributed by atoms with Gasteiger partial charge in [-0.15, -0.1) is 0 Å². The average Bonchev–Trinajstić information content (AvgIpc) is 2.35. The molecule has 0 aliphatic rings. The summed E-state index contributed by atoms with van der Waals surface area (Å²) in [4.78, 5) is 7.14. The van der Waals surface area contributed by atoms with Gasteiger partial charge in [-0.25, -0.2) is 4.39 Å². The number of ether oxygens (including phenoxy) is 2. The summed E-state index contributed by atoms with van der Waals surface area (Å²) < 4.78 is 36.9. The van der Waals surface area contributed by atoms with E-state index >= 15 is 0 Å². The van der Waals surface area contributed by atoms with Crippen molar-refractivity contribution in [3.8, 4) is 17.5 Å². The molecule has 0 N–H and O–H groups in total. The summed E-state index contributed by atoms with van der Waals surface area (Å²) in [5.74, 6) is -2.22. The predicted octanol–water partition coefficient (Wildman–Crippen LogP) is 2.86. The number of nitrogens with zero attached hydrogens (tertiary/aromatic N) is 2. The van der Waals surface area contributed by atoms with Gasteiger partial charge < -0.3 is 9.47 Å². The van der Waals surface area contributed by atoms with E-state index < -0.39 is 11.6 Å². The minimum Gasteiger partial charge on any atom is -0.479 e. The van der Waals surface area contributed by atoms with Gasteiger partial charge in [0.25, 0.3) is 11.8 Å². The van der Waals surface area contributed by atoms with Crippen LogP contribution < -0.4 is 9.47 Å². The summed E-state index contributed by atoms with van der Waals surface area (Å²) in [6.07, 6.45) is 1.07. The van der Waals surface area contributed by atoms with Crippen LogP contribution in [0.15, 0.2) is 24.5 Å². The van der Waals surface area contributed by atoms with E-state index in [1.54, 1.807) is 13.0 Å². The van der Waals surface area contributed by atoms with Gasteiger partial charge in [0.2, 0.25) is 5.82 Å². The molecule has 0 aliphatic heterocycles. The Morgan fingerprint density at radius 2 is 1.83 bits per heavy atom. The molecule has 0 saturated heterocycles. The van der Waals surface area contributed by atoms with E-state index in [9.17, 15) is 8.78 Å². The Morgan fingerprint density at radius 3 is 2.50 bits per heavy atom. The summed E-state index contributed by atoms with van der Waals surface area (Å²) in [6, 6.07) is 4.33. The molecule has 94 valence electrons. The minimum absolute atomic E-state index is 0.111. The maximum atomic E-state index is 13.7. The first kappa shape index (κ1) is 12.2. The fraction of sp³-hybridized carbons (Fsp3) is 0.167. The van der Waals surface area contributed by atoms with Crippen molar-refractivity contribution in [3.05, 3.63) is 41.7 Å². The molecule has 1 aromatic carbocycles. The van der Waals surface area contributed by atoms with Crippen molar-refractivity contribution < 1.29 is 18.3 Å². The van der Waals surface area contributed by atoms with Crippen LogP contribution in [0, 0.1) is 18.6 Å². The van der Waals surface area contributed by atoms with Crippen molar-refractivity contribution in [2.45, 2.75) is 6.92 Å². The zero-order chi connectivity index (χ0) is 13.1. The van der Waals surface area contributed by atoms with Crippen LogP contribution in [0.4, 0.5) is 8.78 Å². The number of halogens is 2. The first-order valence-electron chi connectivity index (χ1n) is 5.10. The molecular formula is C12H10F2N2O2. The van der Waals surface area contributed by atoms with Crippen molar-refractivity contribution in [1.82, 2.24) is 9.97 Å². The molecule has 0 spiro atoms. The molecule has 2 aromatic rings. The van der Waals surface area contributed by atoms with Gasteiger partial charge >= 0.3 is 0 Å². The Hall–Kier alpha value is -2.24. The summed E-state index contributed by atoms with van der Waals surface area (Å²) >= 11 is 0. The van der Waals surface area contributed by atoms with E-state index in [-0.39, 0.29) is 17.5 Å². The number of hydrogen-bond acceptors (Lipinski definition) is 4. The van der Waals surface area contributed by atoms with Crippen LogP contribution in [0.5, 0.6) is 17.5 Å². The van der Waals surface area contributed by atoms with E-state index in [1.807, 2.05) is 0 Å². The molecule has 18 heavy (non-hydrogen) atoms. The second kappa shape index (κ2) is 4.95. The zero-order valence-corrected chi connectivity index (χ0v) is 9.78. The third kappa shape index (κ3) is 2.37. The summed E-state index contributed by atoms with van der Waals surface area (Å²) in [6.45, 7) is 1.74. The fourth-order valence-electron chi connectivity index (χ4n) is 1.34. The highest BCUT2D eigenvalue weighted by Crippen LogP contribution is 2.28. The van der Waals surface area contributed by atoms with Crippen molar-refractivity contribution in [2.75, 3.05) is 7.11 Å². The highest BCUT2D eigenvalue weighted by atomic mass is 19.1. The molecule has 0 aliphatic carbocycles. The van der Waals surface area contributed by atoms with E-state index in [1.165, 1.54) is 19.2 Å². The first-order valence-corrected chi connectivity index (χ1v) is 5.10. The van der Waals surface area contributed by atoms with Crippen molar-refractivity contribution in [1.29, 1.82) is 0 Å². The van der Waals surface area contributed by atoms with Crippen molar-refractivity contribution >= 4 is 0 Å². The third-order valence-electron chi connectivity index (χ3n) is 2.21. The molecule has 0 bridgehead atoms. The summed E-state index contributed by atoms with van der Waals surface area (Å²) in [7, 11) is 1.27. The lowest BCUT2D eigenvalue weighted by atomic mass is 10.2. The summed E-state index contributed by atoms with van der Waals surface area (Å²) in [5.41, 5.74) is 0.737. The molecule has 1 aromatic heterocycles. The lowest BCUT2D eigenvalue weighted by molar-refractivity contribution is 0.340. The second-order valence-electron chi connectivity index (χ2n) is 3.54. The molecule has 6 heteroatoms. The van der Waals surface area contributed by atoms with Crippen molar-refractivity contribution in [2.24, 2.45) is 0 Å². The predicted molar refractivity (Wildman–Crippen MR) is 59.8 cm³/mol. The normalized spacial score (nSPS) is 10.2. The number of rotatable bonds is 3. The quantitative estimate of drug-likeness (QED) is 0.842. The summed E-state index contributed by atoms with van der Waals surface area (Å²) in [5, 5.41) is 0. The van der Waals surface area contributed by atoms with E-state index in [2.05, 4.69) is 14.7 Å². The van der Waals surface area contributed by atoms with Gasteiger partial charge in [0.15, 0.2) is 11.6 Å². The Balaban J connectivity index is 2.34. The first-order chi connectivity index (χ1) is 8.61. The van der Waals surface area contributed by atoms with E-state index in [0.717, 1.165) is 11.9 Å².